The molecule has 13 heteroatoms. The van der Waals surface area contributed by atoms with Crippen molar-refractivity contribution >= 4 is 42.4 Å². The van der Waals surface area contributed by atoms with E-state index in [1.807, 2.05) is 0 Å². The Morgan fingerprint density at radius 3 is 2.03 bits per heavy atom. The Labute approximate surface area is 210 Å². The summed E-state index contributed by atoms with van der Waals surface area (Å²) in [4.78, 5) is -1.63. The molecule has 0 radical (unpaired) electrons. The minimum absolute atomic E-state index is 0. The fourth-order valence-corrected chi connectivity index (χ4v) is 3.48. The van der Waals surface area contributed by atoms with Gasteiger partial charge in [0.2, 0.25) is 0 Å². The number of rotatable bonds is 4. The molecule has 3 aromatic rings. The number of hydrogen-bond donors (Lipinski definition) is 1. The molecule has 0 aliphatic carbocycles. The SMILES string of the molecule is O=S(=O)([O-])c1ccc2c(N=Nc3ccccc3)c([O-])c(S(=O)(=O)O)cc2c1.[Na+].[Na+]. The molecule has 1 N–H and O–H groups in total. The number of benzene rings is 3. The van der Waals surface area contributed by atoms with Gasteiger partial charge in [0, 0.05) is 5.39 Å². The van der Waals surface area contributed by atoms with Crippen LogP contribution in [0.2, 0.25) is 0 Å². The summed E-state index contributed by atoms with van der Waals surface area (Å²) in [5.74, 6) is -1.11. The van der Waals surface area contributed by atoms with Gasteiger partial charge in [0.25, 0.3) is 10.1 Å². The Morgan fingerprint density at radius 2 is 1.48 bits per heavy atom. The van der Waals surface area contributed by atoms with Crippen molar-refractivity contribution in [3.05, 3.63) is 54.6 Å². The molecule has 29 heavy (non-hydrogen) atoms. The molecule has 0 unspecified atom stereocenters. The second-order valence-electron chi connectivity index (χ2n) is 5.40. The summed E-state index contributed by atoms with van der Waals surface area (Å²) < 4.78 is 65.9. The van der Waals surface area contributed by atoms with Gasteiger partial charge in [-0.15, -0.1) is 0 Å². The third-order valence-corrected chi connectivity index (χ3v) is 5.28. The first-order valence-corrected chi connectivity index (χ1v) is 10.1. The molecule has 0 fully saturated rings. The zero-order valence-electron chi connectivity index (χ0n) is 15.3. The van der Waals surface area contributed by atoms with Crippen LogP contribution in [0.1, 0.15) is 0 Å². The molecule has 3 aromatic carbocycles. The standard InChI is InChI=1S/C16H12N2O7S2.2Na/c19-16-14(27(23,24)25)9-10-8-12(26(20,21)22)6-7-13(10)15(16)18-17-11-4-2-1-3-5-11;;/h1-9,19H,(H,20,21,22)(H,23,24,25);;/q;2*+1/p-2. The van der Waals surface area contributed by atoms with Crippen molar-refractivity contribution in [1.82, 2.24) is 0 Å². The molecule has 140 valence electrons. The minimum Gasteiger partial charge on any atom is -0.870 e. The number of fused-ring (bicyclic) bond motifs is 1. The Balaban J connectivity index is 0.00000210. The second-order valence-corrected chi connectivity index (χ2v) is 8.17. The van der Waals surface area contributed by atoms with Crippen LogP contribution in [0.3, 0.4) is 0 Å². The van der Waals surface area contributed by atoms with E-state index in [0.29, 0.717) is 5.69 Å². The van der Waals surface area contributed by atoms with Gasteiger partial charge in [-0.05, 0) is 35.7 Å². The zero-order chi connectivity index (χ0) is 19.8. The molecule has 3 rings (SSSR count). The maximum atomic E-state index is 12.5. The summed E-state index contributed by atoms with van der Waals surface area (Å²) in [5.41, 5.74) is -0.0418. The molecule has 0 spiro atoms. The third kappa shape index (κ3) is 6.07. The monoisotopic (exact) mass is 452 g/mol. The summed E-state index contributed by atoms with van der Waals surface area (Å²) in [6.07, 6.45) is 0. The molecule has 0 heterocycles. The fourth-order valence-electron chi connectivity index (χ4n) is 2.37. The molecule has 0 saturated heterocycles. The van der Waals surface area contributed by atoms with Gasteiger partial charge >= 0.3 is 59.1 Å². The Hall–Kier alpha value is -0.860. The van der Waals surface area contributed by atoms with Gasteiger partial charge in [0.15, 0.2) is 0 Å². The van der Waals surface area contributed by atoms with Gasteiger partial charge in [0.05, 0.1) is 21.2 Å². The van der Waals surface area contributed by atoms with Gasteiger partial charge in [-0.3, -0.25) is 4.55 Å². The van der Waals surface area contributed by atoms with E-state index in [0.717, 1.165) is 24.3 Å². The van der Waals surface area contributed by atoms with Crippen LogP contribution in [0.4, 0.5) is 11.4 Å². The minimum atomic E-state index is -4.92. The summed E-state index contributed by atoms with van der Waals surface area (Å²) in [7, 11) is -9.74. The number of hydrogen-bond acceptors (Lipinski definition) is 8. The van der Waals surface area contributed by atoms with Crippen LogP contribution in [0.25, 0.3) is 10.8 Å². The molecule has 0 bridgehead atoms. The average molecular weight is 452 g/mol. The summed E-state index contributed by atoms with van der Waals surface area (Å²) in [6.45, 7) is 0. The van der Waals surface area contributed by atoms with E-state index in [4.69, 9.17) is 0 Å². The van der Waals surface area contributed by atoms with E-state index < -0.39 is 41.5 Å². The van der Waals surface area contributed by atoms with E-state index in [1.165, 1.54) is 0 Å². The van der Waals surface area contributed by atoms with Crippen LogP contribution in [-0.4, -0.2) is 25.9 Å². The van der Waals surface area contributed by atoms with Crippen LogP contribution in [0.15, 0.2) is 74.6 Å². The van der Waals surface area contributed by atoms with Gasteiger partial charge in [-0.1, -0.05) is 30.0 Å². The smallest absolute Gasteiger partial charge is 0.870 e. The third-order valence-electron chi connectivity index (χ3n) is 3.59. The van der Waals surface area contributed by atoms with Crippen molar-refractivity contribution in [2.24, 2.45) is 10.2 Å². The average Bonchev–Trinajstić information content (AvgIpc) is 2.59. The number of azo groups is 1. The van der Waals surface area contributed by atoms with Crippen LogP contribution in [0.5, 0.6) is 5.75 Å². The molecule has 0 aliphatic heterocycles. The van der Waals surface area contributed by atoms with E-state index in [1.54, 1.807) is 30.3 Å². The van der Waals surface area contributed by atoms with Crippen LogP contribution < -0.4 is 64.2 Å². The second kappa shape index (κ2) is 9.96. The Morgan fingerprint density at radius 1 is 0.862 bits per heavy atom. The zero-order valence-corrected chi connectivity index (χ0v) is 20.9. The van der Waals surface area contributed by atoms with Gasteiger partial charge in [-0.2, -0.15) is 18.6 Å². The van der Waals surface area contributed by atoms with E-state index in [9.17, 15) is 31.0 Å². The molecular weight excluding hydrogens is 442 g/mol. The quantitative estimate of drug-likeness (QED) is 0.244. The van der Waals surface area contributed by atoms with Crippen molar-refractivity contribution in [2.75, 3.05) is 0 Å². The predicted octanol–water partition coefficient (Wildman–Crippen LogP) is -3.51. The van der Waals surface area contributed by atoms with Crippen LogP contribution >= 0.6 is 0 Å². The first kappa shape index (κ1) is 26.2. The maximum absolute atomic E-state index is 12.5. The van der Waals surface area contributed by atoms with E-state index >= 15 is 0 Å². The van der Waals surface area contributed by atoms with Crippen molar-refractivity contribution in [3.63, 3.8) is 0 Å². The molecular formula is C16H10N2Na2O7S2. The number of nitrogens with zero attached hydrogens (tertiary/aromatic N) is 2. The van der Waals surface area contributed by atoms with Gasteiger partial charge in [-0.25, -0.2) is 8.42 Å². The van der Waals surface area contributed by atoms with Crippen LogP contribution in [-0.2, 0) is 20.2 Å². The fraction of sp³-hybridized carbons (Fsp3) is 0. The molecule has 0 aromatic heterocycles. The first-order valence-electron chi connectivity index (χ1n) is 7.25. The topological polar surface area (TPSA) is 159 Å². The van der Waals surface area contributed by atoms with Crippen LogP contribution in [0, 0.1) is 0 Å². The Kier molecular flexibility index (Phi) is 8.99. The largest absolute Gasteiger partial charge is 1.00 e. The predicted molar refractivity (Wildman–Crippen MR) is 91.8 cm³/mol. The summed E-state index contributed by atoms with van der Waals surface area (Å²) in [6, 6.07) is 12.0. The molecule has 0 saturated carbocycles. The summed E-state index contributed by atoms with van der Waals surface area (Å²) >= 11 is 0. The first-order chi connectivity index (χ1) is 12.6. The molecule has 0 atom stereocenters. The normalized spacial score (nSPS) is 11.8. The maximum Gasteiger partial charge on any atom is 1.00 e. The molecule has 9 nitrogen and oxygen atoms in total. The van der Waals surface area contributed by atoms with Crippen molar-refractivity contribution in [2.45, 2.75) is 9.79 Å². The van der Waals surface area contributed by atoms with Crippen molar-refractivity contribution < 1.29 is 90.2 Å². The van der Waals surface area contributed by atoms with Gasteiger partial charge in [0.1, 0.15) is 10.1 Å². The van der Waals surface area contributed by atoms with E-state index in [2.05, 4.69) is 10.2 Å². The van der Waals surface area contributed by atoms with Crippen molar-refractivity contribution in [1.29, 1.82) is 0 Å². The van der Waals surface area contributed by atoms with Gasteiger partial charge < -0.3 is 9.66 Å². The van der Waals surface area contributed by atoms with Crippen molar-refractivity contribution in [3.8, 4) is 5.75 Å². The van der Waals surface area contributed by atoms with E-state index in [-0.39, 0.29) is 69.9 Å². The summed E-state index contributed by atoms with van der Waals surface area (Å²) in [5, 5.41) is 20.1. The molecule has 0 amide bonds. The Bertz CT molecular complexity index is 1280. The molecule has 0 aliphatic rings.